The lowest BCUT2D eigenvalue weighted by atomic mass is 10.1. The van der Waals surface area contributed by atoms with Crippen LogP contribution in [0.1, 0.15) is 21.7 Å². The van der Waals surface area contributed by atoms with Gasteiger partial charge in [0.25, 0.3) is 0 Å². The highest BCUT2D eigenvalue weighted by Gasteiger charge is 2.30. The Bertz CT molecular complexity index is 953. The summed E-state index contributed by atoms with van der Waals surface area (Å²) in [5.74, 6) is 0.742. The minimum Gasteiger partial charge on any atom is -0.312 e. The van der Waals surface area contributed by atoms with Crippen LogP contribution in [-0.2, 0) is 18.5 Å². The molecule has 0 saturated heterocycles. The van der Waals surface area contributed by atoms with Gasteiger partial charge in [-0.2, -0.15) is 13.2 Å². The molecule has 0 saturated carbocycles. The van der Waals surface area contributed by atoms with Gasteiger partial charge in [0.05, 0.1) is 11.3 Å². The second kappa shape index (κ2) is 8.15. The van der Waals surface area contributed by atoms with Crippen LogP contribution in [0.15, 0.2) is 53.4 Å². The second-order valence-corrected chi connectivity index (χ2v) is 7.98. The lowest BCUT2D eigenvalue weighted by Gasteiger charge is -2.06. The summed E-state index contributed by atoms with van der Waals surface area (Å²) in [5.41, 5.74) is 1.92. The Labute approximate surface area is 163 Å². The van der Waals surface area contributed by atoms with Gasteiger partial charge in [-0.05, 0) is 31.2 Å². The minimum absolute atomic E-state index is 0.384. The standard InChI is InChI=1S/C20H15F3N2S2/c1-13-18(12-26-17-9-3-14(4-10-17)11-24-2)27-19(25-13)15-5-7-16(8-6-15)20(21,22)23/h3-10H,11-12H2,1H3. The zero-order valence-corrected chi connectivity index (χ0v) is 16.0. The van der Waals surface area contributed by atoms with E-state index in [4.69, 9.17) is 6.57 Å². The average Bonchev–Trinajstić information content (AvgIpc) is 3.02. The van der Waals surface area contributed by atoms with E-state index in [1.54, 1.807) is 11.8 Å². The molecule has 0 unspecified atom stereocenters. The first kappa shape index (κ1) is 19.5. The largest absolute Gasteiger partial charge is 0.416 e. The summed E-state index contributed by atoms with van der Waals surface area (Å²) < 4.78 is 38.1. The highest BCUT2D eigenvalue weighted by atomic mass is 32.2. The van der Waals surface area contributed by atoms with E-state index in [0.29, 0.717) is 12.1 Å². The number of hydrogen-bond donors (Lipinski definition) is 0. The Balaban J connectivity index is 1.70. The molecule has 0 N–H and O–H groups in total. The number of alkyl halides is 3. The number of aromatic nitrogens is 1. The first-order valence-electron chi connectivity index (χ1n) is 8.05. The Morgan fingerprint density at radius 3 is 2.33 bits per heavy atom. The number of thiazole rings is 1. The van der Waals surface area contributed by atoms with Crippen LogP contribution in [0, 0.1) is 13.5 Å². The van der Waals surface area contributed by atoms with Gasteiger partial charge in [-0.25, -0.2) is 11.6 Å². The molecule has 7 heteroatoms. The molecular formula is C20H15F3N2S2. The summed E-state index contributed by atoms with van der Waals surface area (Å²) in [6, 6.07) is 13.0. The lowest BCUT2D eigenvalue weighted by molar-refractivity contribution is -0.137. The molecule has 0 aliphatic rings. The van der Waals surface area contributed by atoms with Crippen LogP contribution < -0.4 is 0 Å². The molecule has 0 amide bonds. The van der Waals surface area contributed by atoms with E-state index in [0.717, 1.165) is 43.9 Å². The van der Waals surface area contributed by atoms with Crippen molar-refractivity contribution < 1.29 is 13.2 Å². The van der Waals surface area contributed by atoms with Gasteiger partial charge in [0.15, 0.2) is 0 Å². The van der Waals surface area contributed by atoms with Crippen LogP contribution in [0.5, 0.6) is 0 Å². The number of rotatable bonds is 5. The van der Waals surface area contributed by atoms with Crippen molar-refractivity contribution in [1.82, 2.24) is 4.98 Å². The van der Waals surface area contributed by atoms with Crippen molar-refractivity contribution in [3.8, 4) is 10.6 Å². The zero-order valence-electron chi connectivity index (χ0n) is 14.4. The van der Waals surface area contributed by atoms with Crippen LogP contribution >= 0.6 is 23.1 Å². The molecule has 0 aliphatic carbocycles. The van der Waals surface area contributed by atoms with E-state index < -0.39 is 11.7 Å². The summed E-state index contributed by atoms with van der Waals surface area (Å²) in [6.45, 7) is 9.18. The predicted octanol–water partition coefficient (Wildman–Crippen LogP) is 6.85. The molecule has 0 atom stereocenters. The quantitative estimate of drug-likeness (QED) is 0.342. The fourth-order valence-corrected chi connectivity index (χ4v) is 4.53. The van der Waals surface area contributed by atoms with Crippen molar-refractivity contribution in [1.29, 1.82) is 0 Å². The third-order valence-electron chi connectivity index (χ3n) is 3.91. The molecule has 0 radical (unpaired) electrons. The molecule has 2 aromatic carbocycles. The average molecular weight is 404 g/mol. The summed E-state index contributed by atoms with van der Waals surface area (Å²) in [5, 5.41) is 0.726. The Morgan fingerprint density at radius 2 is 1.74 bits per heavy atom. The molecule has 27 heavy (non-hydrogen) atoms. The van der Waals surface area contributed by atoms with Crippen molar-refractivity contribution in [2.24, 2.45) is 0 Å². The number of aryl methyl sites for hydroxylation is 1. The first-order chi connectivity index (χ1) is 12.9. The van der Waals surface area contributed by atoms with Crippen LogP contribution in [0.2, 0.25) is 0 Å². The zero-order chi connectivity index (χ0) is 19.4. The molecule has 1 aromatic heterocycles. The van der Waals surface area contributed by atoms with E-state index in [1.807, 2.05) is 31.2 Å². The fourth-order valence-electron chi connectivity index (χ4n) is 2.42. The molecule has 1 heterocycles. The van der Waals surface area contributed by atoms with Gasteiger partial charge in [-0.15, -0.1) is 23.1 Å². The minimum atomic E-state index is -4.33. The summed E-state index contributed by atoms with van der Waals surface area (Å²) in [4.78, 5) is 10.1. The predicted molar refractivity (Wildman–Crippen MR) is 104 cm³/mol. The maximum absolute atomic E-state index is 12.7. The topological polar surface area (TPSA) is 17.2 Å². The highest BCUT2D eigenvalue weighted by Crippen LogP contribution is 2.35. The molecule has 0 fully saturated rings. The third kappa shape index (κ3) is 4.90. The molecule has 3 rings (SSSR count). The van der Waals surface area contributed by atoms with E-state index in [-0.39, 0.29) is 0 Å². The van der Waals surface area contributed by atoms with E-state index in [2.05, 4.69) is 9.83 Å². The third-order valence-corrected chi connectivity index (χ3v) is 6.33. The van der Waals surface area contributed by atoms with Gasteiger partial charge in [-0.3, -0.25) is 0 Å². The second-order valence-electron chi connectivity index (χ2n) is 5.85. The number of thioether (sulfide) groups is 1. The van der Waals surface area contributed by atoms with E-state index in [1.165, 1.54) is 23.5 Å². The molecule has 0 spiro atoms. The van der Waals surface area contributed by atoms with Crippen LogP contribution in [0.3, 0.4) is 0 Å². The maximum Gasteiger partial charge on any atom is 0.416 e. The number of nitrogens with zero attached hydrogens (tertiary/aromatic N) is 2. The molecular weight excluding hydrogens is 389 g/mol. The van der Waals surface area contributed by atoms with Crippen molar-refractivity contribution in [3.63, 3.8) is 0 Å². The summed E-state index contributed by atoms with van der Waals surface area (Å²) in [7, 11) is 0. The maximum atomic E-state index is 12.7. The van der Waals surface area contributed by atoms with Gasteiger partial charge in [-0.1, -0.05) is 24.3 Å². The van der Waals surface area contributed by atoms with Gasteiger partial charge >= 0.3 is 6.18 Å². The Morgan fingerprint density at radius 1 is 1.07 bits per heavy atom. The molecule has 0 aliphatic heterocycles. The number of hydrogen-bond acceptors (Lipinski definition) is 3. The SMILES string of the molecule is [C-]#[N+]Cc1ccc(SCc2sc(-c3ccc(C(F)(F)F)cc3)nc2C)cc1. The van der Waals surface area contributed by atoms with E-state index >= 15 is 0 Å². The van der Waals surface area contributed by atoms with Gasteiger partial charge in [0.2, 0.25) is 6.54 Å². The Kier molecular flexibility index (Phi) is 5.88. The van der Waals surface area contributed by atoms with Crippen molar-refractivity contribution >= 4 is 23.1 Å². The Hall–Kier alpha value is -2.30. The lowest BCUT2D eigenvalue weighted by Crippen LogP contribution is -2.03. The van der Waals surface area contributed by atoms with Crippen LogP contribution in [0.4, 0.5) is 13.2 Å². The highest BCUT2D eigenvalue weighted by molar-refractivity contribution is 7.98. The van der Waals surface area contributed by atoms with Crippen molar-refractivity contribution in [2.45, 2.75) is 30.3 Å². The molecule has 0 bridgehead atoms. The first-order valence-corrected chi connectivity index (χ1v) is 9.86. The molecule has 2 nitrogen and oxygen atoms in total. The van der Waals surface area contributed by atoms with Gasteiger partial charge < -0.3 is 4.85 Å². The molecule has 3 aromatic rings. The van der Waals surface area contributed by atoms with Crippen LogP contribution in [-0.4, -0.2) is 4.98 Å². The van der Waals surface area contributed by atoms with Gasteiger partial charge in [0.1, 0.15) is 5.01 Å². The van der Waals surface area contributed by atoms with Crippen molar-refractivity contribution in [3.05, 3.63) is 81.6 Å². The molecule has 138 valence electrons. The van der Waals surface area contributed by atoms with E-state index in [9.17, 15) is 13.2 Å². The smallest absolute Gasteiger partial charge is 0.312 e. The fraction of sp³-hybridized carbons (Fsp3) is 0.200. The summed E-state index contributed by atoms with van der Waals surface area (Å²) >= 11 is 3.18. The number of halogens is 3. The van der Waals surface area contributed by atoms with Crippen molar-refractivity contribution in [2.75, 3.05) is 0 Å². The normalized spacial score (nSPS) is 11.4. The van der Waals surface area contributed by atoms with Crippen LogP contribution in [0.25, 0.3) is 15.4 Å². The summed E-state index contributed by atoms with van der Waals surface area (Å²) in [6.07, 6.45) is -4.33. The van der Waals surface area contributed by atoms with Gasteiger partial charge in [0, 0.05) is 26.7 Å². The number of benzene rings is 2. The monoisotopic (exact) mass is 404 g/mol.